The molecule has 1 atom stereocenters. The first-order valence-corrected chi connectivity index (χ1v) is 4.42. The first-order valence-electron chi connectivity index (χ1n) is 4.42. The van der Waals surface area contributed by atoms with Crippen LogP contribution in [0.1, 0.15) is 26.2 Å². The zero-order valence-electron chi connectivity index (χ0n) is 7.47. The van der Waals surface area contributed by atoms with E-state index in [2.05, 4.69) is 11.9 Å². The fourth-order valence-corrected chi connectivity index (χ4v) is 1.66. The molecule has 2 heteroatoms. The van der Waals surface area contributed by atoms with Gasteiger partial charge in [0.15, 0.2) is 0 Å². The molecule has 0 aromatic carbocycles. The summed E-state index contributed by atoms with van der Waals surface area (Å²) in [4.78, 5) is 13.4. The minimum absolute atomic E-state index is 0.422. The molecule has 1 rings (SSSR count). The quantitative estimate of drug-likeness (QED) is 0.612. The van der Waals surface area contributed by atoms with Gasteiger partial charge < -0.3 is 4.90 Å². The highest BCUT2D eigenvalue weighted by Crippen LogP contribution is 2.18. The number of ketones is 1. The van der Waals surface area contributed by atoms with E-state index in [1.54, 1.807) is 0 Å². The van der Waals surface area contributed by atoms with Crippen molar-refractivity contribution in [2.75, 3.05) is 20.1 Å². The third-order valence-electron chi connectivity index (χ3n) is 2.40. The first kappa shape index (κ1) is 8.72. The number of Topliss-reactive ketones (excluding diaryl/α,β-unsaturated/α-hetero) is 1. The van der Waals surface area contributed by atoms with Crippen LogP contribution in [-0.2, 0) is 4.79 Å². The minimum atomic E-state index is 0.422. The van der Waals surface area contributed by atoms with Gasteiger partial charge in [0.2, 0.25) is 0 Å². The first-order chi connectivity index (χ1) is 5.22. The van der Waals surface area contributed by atoms with E-state index in [-0.39, 0.29) is 0 Å². The van der Waals surface area contributed by atoms with Crippen LogP contribution < -0.4 is 0 Å². The smallest absolute Gasteiger partial charge is 0.132 e. The molecule has 0 radical (unpaired) electrons. The Bertz CT molecular complexity index is 144. The normalized spacial score (nSPS) is 25.8. The van der Waals surface area contributed by atoms with Crippen LogP contribution in [0.2, 0.25) is 0 Å². The van der Waals surface area contributed by atoms with Crippen LogP contribution in [0.25, 0.3) is 0 Å². The highest BCUT2D eigenvalue weighted by molar-refractivity contribution is 5.78. The molecule has 1 heterocycles. The molecule has 1 fully saturated rings. The van der Waals surface area contributed by atoms with Gasteiger partial charge in [-0.1, -0.05) is 6.92 Å². The summed E-state index contributed by atoms with van der Waals surface area (Å²) in [5.74, 6) is 1.07. The average Bonchev–Trinajstić information content (AvgIpc) is 2.35. The van der Waals surface area contributed by atoms with Gasteiger partial charge in [0.1, 0.15) is 5.78 Å². The lowest BCUT2D eigenvalue weighted by Gasteiger charge is -2.07. The van der Waals surface area contributed by atoms with E-state index < -0.39 is 0 Å². The molecule has 0 amide bonds. The number of hydrogen-bond donors (Lipinski definition) is 0. The standard InChI is InChI=1S/C9H17NO/c1-3-9(11)6-8-4-5-10(2)7-8/h8H,3-7H2,1-2H3. The molecule has 1 aliphatic heterocycles. The van der Waals surface area contributed by atoms with Gasteiger partial charge in [-0.2, -0.15) is 0 Å². The number of likely N-dealkylation sites (tertiary alicyclic amines) is 1. The summed E-state index contributed by atoms with van der Waals surface area (Å²) >= 11 is 0. The van der Waals surface area contributed by atoms with Crippen molar-refractivity contribution < 1.29 is 4.79 Å². The Balaban J connectivity index is 2.23. The van der Waals surface area contributed by atoms with Gasteiger partial charge in [-0.05, 0) is 25.9 Å². The summed E-state index contributed by atoms with van der Waals surface area (Å²) in [6, 6.07) is 0. The predicted octanol–water partition coefficient (Wildman–Crippen LogP) is 1.31. The third-order valence-corrected chi connectivity index (χ3v) is 2.40. The molecule has 1 saturated heterocycles. The van der Waals surface area contributed by atoms with Gasteiger partial charge in [-0.3, -0.25) is 4.79 Å². The Kier molecular flexibility index (Phi) is 3.06. The lowest BCUT2D eigenvalue weighted by atomic mass is 10.0. The fourth-order valence-electron chi connectivity index (χ4n) is 1.66. The maximum absolute atomic E-state index is 11.1. The molecule has 1 aliphatic rings. The van der Waals surface area contributed by atoms with Crippen LogP contribution in [0.3, 0.4) is 0 Å². The van der Waals surface area contributed by atoms with Gasteiger partial charge in [0, 0.05) is 19.4 Å². The van der Waals surface area contributed by atoms with Gasteiger partial charge >= 0.3 is 0 Å². The van der Waals surface area contributed by atoms with Crippen LogP contribution >= 0.6 is 0 Å². The molecule has 1 unspecified atom stereocenters. The molecular formula is C9H17NO. The topological polar surface area (TPSA) is 20.3 Å². The number of carbonyl (C=O) groups is 1. The lowest BCUT2D eigenvalue weighted by molar-refractivity contribution is -0.119. The molecule has 0 saturated carbocycles. The van der Waals surface area contributed by atoms with Crippen molar-refractivity contribution in [2.45, 2.75) is 26.2 Å². The van der Waals surface area contributed by atoms with E-state index in [1.165, 1.54) is 13.0 Å². The molecule has 64 valence electrons. The maximum Gasteiger partial charge on any atom is 0.132 e. The zero-order chi connectivity index (χ0) is 8.27. The van der Waals surface area contributed by atoms with E-state index >= 15 is 0 Å². The second kappa shape index (κ2) is 3.86. The van der Waals surface area contributed by atoms with Crippen LogP contribution in [-0.4, -0.2) is 30.8 Å². The van der Waals surface area contributed by atoms with E-state index in [0.717, 1.165) is 13.0 Å². The van der Waals surface area contributed by atoms with Crippen molar-refractivity contribution in [1.82, 2.24) is 4.90 Å². The Morgan fingerprint density at radius 1 is 1.64 bits per heavy atom. The van der Waals surface area contributed by atoms with E-state index in [4.69, 9.17) is 0 Å². The summed E-state index contributed by atoms with van der Waals surface area (Å²) < 4.78 is 0. The monoisotopic (exact) mass is 155 g/mol. The molecule has 0 aromatic heterocycles. The van der Waals surface area contributed by atoms with Crippen LogP contribution in [0.5, 0.6) is 0 Å². The molecule has 0 aromatic rings. The average molecular weight is 155 g/mol. The maximum atomic E-state index is 11.1. The summed E-state index contributed by atoms with van der Waals surface area (Å²) in [6.45, 7) is 4.23. The Morgan fingerprint density at radius 2 is 2.36 bits per heavy atom. The van der Waals surface area contributed by atoms with Gasteiger partial charge in [0.05, 0.1) is 0 Å². The van der Waals surface area contributed by atoms with E-state index in [9.17, 15) is 4.79 Å². The Morgan fingerprint density at radius 3 is 2.82 bits per heavy atom. The number of hydrogen-bond acceptors (Lipinski definition) is 2. The zero-order valence-corrected chi connectivity index (χ0v) is 7.47. The van der Waals surface area contributed by atoms with Crippen molar-refractivity contribution in [3.63, 3.8) is 0 Å². The Hall–Kier alpha value is -0.370. The van der Waals surface area contributed by atoms with Gasteiger partial charge in [0.25, 0.3) is 0 Å². The molecule has 0 spiro atoms. The van der Waals surface area contributed by atoms with Crippen molar-refractivity contribution >= 4 is 5.78 Å². The van der Waals surface area contributed by atoms with Crippen molar-refractivity contribution in [3.8, 4) is 0 Å². The summed E-state index contributed by atoms with van der Waals surface area (Å²) in [6.07, 6.45) is 2.73. The molecular weight excluding hydrogens is 138 g/mol. The number of carbonyl (C=O) groups excluding carboxylic acids is 1. The van der Waals surface area contributed by atoms with Crippen molar-refractivity contribution in [1.29, 1.82) is 0 Å². The molecule has 11 heavy (non-hydrogen) atoms. The Labute approximate surface area is 68.6 Å². The molecule has 2 nitrogen and oxygen atoms in total. The highest BCUT2D eigenvalue weighted by Gasteiger charge is 2.20. The largest absolute Gasteiger partial charge is 0.306 e. The SMILES string of the molecule is CCC(=O)CC1CCN(C)C1. The fraction of sp³-hybridized carbons (Fsp3) is 0.889. The minimum Gasteiger partial charge on any atom is -0.306 e. The molecule has 0 bridgehead atoms. The molecule has 0 aliphatic carbocycles. The third kappa shape index (κ3) is 2.62. The van der Waals surface area contributed by atoms with Crippen molar-refractivity contribution in [3.05, 3.63) is 0 Å². The predicted molar refractivity (Wildman–Crippen MR) is 45.5 cm³/mol. The number of nitrogens with zero attached hydrogens (tertiary/aromatic N) is 1. The summed E-state index contributed by atoms with van der Waals surface area (Å²) in [7, 11) is 2.12. The van der Waals surface area contributed by atoms with E-state index in [0.29, 0.717) is 18.1 Å². The summed E-state index contributed by atoms with van der Waals surface area (Å²) in [5.41, 5.74) is 0. The lowest BCUT2D eigenvalue weighted by Crippen LogP contribution is -2.15. The van der Waals surface area contributed by atoms with Crippen molar-refractivity contribution in [2.24, 2.45) is 5.92 Å². The van der Waals surface area contributed by atoms with E-state index in [1.807, 2.05) is 6.92 Å². The second-order valence-electron chi connectivity index (χ2n) is 3.51. The molecule has 0 N–H and O–H groups in total. The van der Waals surface area contributed by atoms with Crippen LogP contribution in [0.15, 0.2) is 0 Å². The van der Waals surface area contributed by atoms with Crippen LogP contribution in [0, 0.1) is 5.92 Å². The second-order valence-corrected chi connectivity index (χ2v) is 3.51. The highest BCUT2D eigenvalue weighted by atomic mass is 16.1. The number of rotatable bonds is 3. The van der Waals surface area contributed by atoms with Gasteiger partial charge in [-0.15, -0.1) is 0 Å². The van der Waals surface area contributed by atoms with Crippen LogP contribution in [0.4, 0.5) is 0 Å². The van der Waals surface area contributed by atoms with Gasteiger partial charge in [-0.25, -0.2) is 0 Å². The summed E-state index contributed by atoms with van der Waals surface area (Å²) in [5, 5.41) is 0.